The summed E-state index contributed by atoms with van der Waals surface area (Å²) in [4.78, 5) is 0. The molecule has 8 N–H and O–H groups in total. The molecule has 0 unspecified atom stereocenters. The zero-order chi connectivity index (χ0) is 4.00. The maximum absolute atomic E-state index is 7.25. The number of nitrogens with zero attached hydrogens (tertiary/aromatic N) is 1. The molecular formula is H8ClN5ORu-3. The minimum absolute atomic E-state index is 0. The summed E-state index contributed by atoms with van der Waals surface area (Å²) in [5, 5.41) is 0. The van der Waals surface area contributed by atoms with E-state index < -0.39 is 0 Å². The van der Waals surface area contributed by atoms with Crippen LogP contribution in [0.15, 0.2) is 0 Å². The van der Waals surface area contributed by atoms with Crippen molar-refractivity contribution in [3.05, 3.63) is 24.6 Å². The smallest absolute Gasteiger partial charge is 0.693 e. The summed E-state index contributed by atoms with van der Waals surface area (Å²) in [6.07, 6.45) is 0. The van der Waals surface area contributed by atoms with Gasteiger partial charge in [0.15, 0.2) is 0 Å². The predicted octanol–water partition coefficient (Wildman–Crippen LogP) is 3.45. The van der Waals surface area contributed by atoms with E-state index in [1.165, 1.54) is 0 Å². The number of hydrogen-bond acceptors (Lipinski definition) is 1. The van der Waals surface area contributed by atoms with Gasteiger partial charge in [-0.1, -0.05) is 0 Å². The fourth-order valence-corrected chi connectivity index (χ4v) is 0. The van der Waals surface area contributed by atoms with Crippen molar-refractivity contribution in [2.24, 2.45) is 0 Å². The molecule has 0 aliphatic heterocycles. The van der Waals surface area contributed by atoms with Crippen LogP contribution in [0.1, 0.15) is 0 Å². The van der Waals surface area contributed by atoms with Crippen molar-refractivity contribution in [3.8, 4) is 0 Å². The van der Waals surface area contributed by atoms with Crippen molar-refractivity contribution in [1.82, 2.24) is 0 Å². The third kappa shape index (κ3) is 1050. The molecule has 0 bridgehead atoms. The Labute approximate surface area is 62.3 Å². The number of nitrogens with two attached hydrogens (primary N) is 4. The molecule has 0 heterocycles. The summed E-state index contributed by atoms with van der Waals surface area (Å²) in [7, 11) is 4.57. The Bertz CT molecular complexity index is 17.1. The second-order valence-electron chi connectivity index (χ2n) is 0. The van der Waals surface area contributed by atoms with Gasteiger partial charge in [-0.15, -0.1) is 0 Å². The van der Waals surface area contributed by atoms with Crippen molar-refractivity contribution in [1.29, 1.82) is 5.46 Å². The Morgan fingerprint density at radius 1 is 0.875 bits per heavy atom. The summed E-state index contributed by atoms with van der Waals surface area (Å²) < 4.78 is 7.25. The third-order valence-electron chi connectivity index (χ3n) is 0. The number of halogens is 1. The Balaban J connectivity index is -0.00000000167. The average Bonchev–Trinajstić information content (AvgIpc) is 1.50. The van der Waals surface area contributed by atoms with Crippen molar-refractivity contribution in [2.75, 3.05) is 0 Å². The molecule has 0 amide bonds. The molecule has 0 aromatic rings. The number of hydrogen-bond donors (Lipinski definition) is 0. The van der Waals surface area contributed by atoms with Gasteiger partial charge in [0.25, 0.3) is 0 Å². The molecule has 8 heavy (non-hydrogen) atoms. The second kappa shape index (κ2) is 1710. The maximum Gasteiger partial charge on any atom is -0.693 e. The summed E-state index contributed by atoms with van der Waals surface area (Å²) in [6, 6.07) is 0. The molecule has 8 heteroatoms. The Hall–Kier alpha value is 0.423. The molecule has 0 fully saturated rings. The Morgan fingerprint density at radius 3 is 0.875 bits per heavy atom. The van der Waals surface area contributed by atoms with Gasteiger partial charge in [0.2, 0.25) is 0 Å². The fraction of sp³-hybridized carbons (Fsp3) is 0. The normalized spacial score (nSPS) is 1.00. The molecule has 57 valence electrons. The van der Waals surface area contributed by atoms with Gasteiger partial charge >= 0.3 is 37.2 Å². The first kappa shape index (κ1) is 79.0. The molecule has 6 nitrogen and oxygen atoms in total. The summed E-state index contributed by atoms with van der Waals surface area (Å²) in [6.45, 7) is 0. The molecule has 0 radical (unpaired) electrons. The standard InChI is InChI=1S/ClH.NO.4H2N.Ru/c;1-2;;;;;/h1H;;4*1H2;/q;+1;4*-1;+1/p-1. The molecular weight excluding hydrogens is 223 g/mol. The largest absolute Gasteiger partial charge is 0.693 e. The van der Waals surface area contributed by atoms with Crippen LogP contribution < -0.4 is 0 Å². The Kier molecular flexibility index (Phi) is 16900. The second-order valence-corrected chi connectivity index (χ2v) is 0. The van der Waals surface area contributed by atoms with Gasteiger partial charge < -0.3 is 24.6 Å². The molecule has 0 atom stereocenters. The van der Waals surface area contributed by atoms with Gasteiger partial charge in [-0.05, 0) is 0 Å². The topological polar surface area (TPSA) is 178 Å². The van der Waals surface area contributed by atoms with Gasteiger partial charge in [-0.25, -0.2) is 0 Å². The van der Waals surface area contributed by atoms with Crippen molar-refractivity contribution < 1.29 is 22.1 Å². The van der Waals surface area contributed by atoms with Crippen LogP contribution in [0.4, 0.5) is 0 Å². The number of rotatable bonds is 0. The third-order valence-corrected chi connectivity index (χ3v) is 0. The van der Waals surface area contributed by atoms with E-state index >= 15 is 0 Å². The molecule has 0 rings (SSSR count). The van der Waals surface area contributed by atoms with E-state index in [9.17, 15) is 0 Å². The quantitative estimate of drug-likeness (QED) is 0.449. The van der Waals surface area contributed by atoms with Crippen molar-refractivity contribution in [3.63, 3.8) is 0 Å². The van der Waals surface area contributed by atoms with E-state index in [1.807, 2.05) is 17.3 Å². The SMILES string of the molecule is N#[O+].[Cl][Ru].[NH2-].[NH2-].[NH2-].[NH2-]. The average molecular weight is 231 g/mol. The van der Waals surface area contributed by atoms with Crippen LogP contribution in [0.25, 0.3) is 24.6 Å². The Morgan fingerprint density at radius 2 is 0.875 bits per heavy atom. The van der Waals surface area contributed by atoms with E-state index in [0.29, 0.717) is 0 Å². The van der Waals surface area contributed by atoms with E-state index in [1.54, 1.807) is 0 Å². The van der Waals surface area contributed by atoms with Gasteiger partial charge in [0.05, 0.1) is 0 Å². The van der Waals surface area contributed by atoms with Crippen LogP contribution in [0.2, 0.25) is 0 Å². The molecule has 0 aliphatic carbocycles. The molecule has 0 aliphatic rings. The van der Waals surface area contributed by atoms with Crippen LogP contribution in [-0.2, 0) is 22.1 Å². The predicted molar refractivity (Wildman–Crippen MR) is 29.4 cm³/mol. The maximum atomic E-state index is 7.25. The van der Waals surface area contributed by atoms with Crippen molar-refractivity contribution >= 4 is 9.69 Å². The van der Waals surface area contributed by atoms with Gasteiger partial charge in [-0.3, -0.25) is 0 Å². The first-order valence-electron chi connectivity index (χ1n) is 0.316. The zero-order valence-corrected chi connectivity index (χ0v) is 6.39. The van der Waals surface area contributed by atoms with Gasteiger partial charge in [0, 0.05) is 0 Å². The van der Waals surface area contributed by atoms with Crippen LogP contribution in [0.3, 0.4) is 0 Å². The van der Waals surface area contributed by atoms with Crippen LogP contribution in [-0.4, -0.2) is 0 Å². The molecule has 0 saturated carbocycles. The van der Waals surface area contributed by atoms with Gasteiger partial charge in [-0.2, -0.15) is 0 Å². The molecule has 0 aromatic carbocycles. The summed E-state index contributed by atoms with van der Waals surface area (Å²) >= 11 is 1.82. The minimum Gasteiger partial charge on any atom is -0.693 e. The van der Waals surface area contributed by atoms with E-state index in [2.05, 4.69) is 9.69 Å². The monoisotopic (exact) mass is 231 g/mol. The van der Waals surface area contributed by atoms with Gasteiger partial charge in [0.1, 0.15) is 0 Å². The van der Waals surface area contributed by atoms with Crippen LogP contribution in [0.5, 0.6) is 0 Å². The van der Waals surface area contributed by atoms with Crippen LogP contribution >= 0.6 is 9.69 Å². The van der Waals surface area contributed by atoms with E-state index in [0.717, 1.165) is 0 Å². The molecule has 0 spiro atoms. The molecule has 0 saturated heterocycles. The summed E-state index contributed by atoms with van der Waals surface area (Å²) in [5.74, 6) is 0. The first-order valence-corrected chi connectivity index (χ1v) is 2.55. The summed E-state index contributed by atoms with van der Waals surface area (Å²) in [5.41, 5.74) is 5.75. The minimum atomic E-state index is 0. The molecule has 0 aromatic heterocycles. The first-order chi connectivity index (χ1) is 2.00. The van der Waals surface area contributed by atoms with E-state index in [4.69, 9.17) is 10.2 Å². The van der Waals surface area contributed by atoms with Crippen LogP contribution in [0, 0.1) is 5.46 Å². The fourth-order valence-electron chi connectivity index (χ4n) is 0. The van der Waals surface area contributed by atoms with Crippen molar-refractivity contribution in [2.45, 2.75) is 0 Å². The van der Waals surface area contributed by atoms with E-state index in [-0.39, 0.29) is 24.6 Å². The zero-order valence-electron chi connectivity index (χ0n) is 3.90.